The highest BCUT2D eigenvalue weighted by molar-refractivity contribution is 7.99. The first-order valence-corrected chi connectivity index (χ1v) is 13.0. The van der Waals surface area contributed by atoms with Crippen molar-refractivity contribution in [3.05, 3.63) is 41.1 Å². The van der Waals surface area contributed by atoms with E-state index in [1.54, 1.807) is 28.6 Å². The van der Waals surface area contributed by atoms with Gasteiger partial charge in [-0.05, 0) is 24.8 Å². The van der Waals surface area contributed by atoms with Crippen LogP contribution in [0.2, 0.25) is 0 Å². The normalized spacial score (nSPS) is 14.3. The molecule has 1 aliphatic heterocycles. The number of benzene rings is 1. The molecular formula is C21H26N6O4S2. The number of esters is 1. The van der Waals surface area contributed by atoms with E-state index in [0.29, 0.717) is 24.5 Å². The fourth-order valence-corrected chi connectivity index (χ4v) is 6.36. The smallest absolute Gasteiger partial charge is 0.339 e. The Hall–Kier alpha value is -2.70. The first-order chi connectivity index (χ1) is 15.8. The van der Waals surface area contributed by atoms with Crippen LogP contribution in [-0.4, -0.2) is 62.6 Å². The highest BCUT2D eigenvalue weighted by Crippen LogP contribution is 2.33. The molecule has 0 bridgehead atoms. The third kappa shape index (κ3) is 4.06. The Morgan fingerprint density at radius 3 is 2.67 bits per heavy atom. The summed E-state index contributed by atoms with van der Waals surface area (Å²) >= 11 is 1.60. The first-order valence-electron chi connectivity index (χ1n) is 10.6. The number of aryl methyl sites for hydroxylation is 1. The molecule has 0 atom stereocenters. The summed E-state index contributed by atoms with van der Waals surface area (Å²) in [4.78, 5) is 12.1. The molecule has 12 heteroatoms. The molecule has 3 aromatic rings. The van der Waals surface area contributed by atoms with Crippen molar-refractivity contribution in [2.75, 3.05) is 19.4 Å². The maximum Gasteiger partial charge on any atom is 0.339 e. The van der Waals surface area contributed by atoms with Gasteiger partial charge in [-0.2, -0.15) is 9.40 Å². The topological polar surface area (TPSA) is 112 Å². The molecule has 3 heterocycles. The lowest BCUT2D eigenvalue weighted by Gasteiger charge is -2.27. The molecule has 1 aromatic carbocycles. The predicted octanol–water partition coefficient (Wildman–Crippen LogP) is 2.34. The molecule has 1 aliphatic rings. The summed E-state index contributed by atoms with van der Waals surface area (Å²) in [6.45, 7) is 5.15. The molecule has 0 saturated heterocycles. The predicted molar refractivity (Wildman–Crippen MR) is 123 cm³/mol. The molecule has 2 aromatic heterocycles. The quantitative estimate of drug-likeness (QED) is 0.366. The van der Waals surface area contributed by atoms with Crippen LogP contribution in [-0.2, 0) is 41.3 Å². The lowest BCUT2D eigenvalue weighted by atomic mass is 10.1. The van der Waals surface area contributed by atoms with Gasteiger partial charge in [0.1, 0.15) is 5.69 Å². The van der Waals surface area contributed by atoms with Crippen LogP contribution in [0.1, 0.15) is 35.5 Å². The molecule has 0 unspecified atom stereocenters. The van der Waals surface area contributed by atoms with Crippen molar-refractivity contribution < 1.29 is 17.9 Å². The van der Waals surface area contributed by atoms with Crippen molar-refractivity contribution in [2.24, 2.45) is 7.05 Å². The summed E-state index contributed by atoms with van der Waals surface area (Å²) in [6.07, 6.45) is 0.495. The van der Waals surface area contributed by atoms with Crippen molar-refractivity contribution in [3.8, 4) is 11.5 Å². The van der Waals surface area contributed by atoms with Crippen molar-refractivity contribution in [3.63, 3.8) is 0 Å². The lowest BCUT2D eigenvalue weighted by molar-refractivity contribution is 0.0596. The van der Waals surface area contributed by atoms with Crippen molar-refractivity contribution in [1.29, 1.82) is 0 Å². The minimum atomic E-state index is -3.95. The monoisotopic (exact) mass is 490 g/mol. The van der Waals surface area contributed by atoms with Crippen LogP contribution in [0.3, 0.4) is 0 Å². The second kappa shape index (κ2) is 9.27. The maximum atomic E-state index is 13.6. The van der Waals surface area contributed by atoms with E-state index in [4.69, 9.17) is 4.74 Å². The van der Waals surface area contributed by atoms with Crippen LogP contribution in [0.5, 0.6) is 0 Å². The fraction of sp³-hybridized carbons (Fsp3) is 0.429. The van der Waals surface area contributed by atoms with Gasteiger partial charge >= 0.3 is 5.97 Å². The van der Waals surface area contributed by atoms with E-state index in [9.17, 15) is 13.2 Å². The number of fused-ring (bicyclic) bond motifs is 1. The van der Waals surface area contributed by atoms with Gasteiger partial charge in [-0.15, -0.1) is 10.2 Å². The zero-order valence-electron chi connectivity index (χ0n) is 19.0. The Kier molecular flexibility index (Phi) is 6.59. The van der Waals surface area contributed by atoms with E-state index < -0.39 is 16.0 Å². The molecule has 0 amide bonds. The van der Waals surface area contributed by atoms with Gasteiger partial charge < -0.3 is 9.30 Å². The van der Waals surface area contributed by atoms with Gasteiger partial charge in [0.05, 0.1) is 17.6 Å². The first kappa shape index (κ1) is 23.5. The van der Waals surface area contributed by atoms with Crippen molar-refractivity contribution in [2.45, 2.75) is 43.4 Å². The number of hydrogen-bond acceptors (Lipinski definition) is 8. The molecule has 0 aliphatic carbocycles. The minimum absolute atomic E-state index is 0.0177. The highest BCUT2D eigenvalue weighted by Gasteiger charge is 2.35. The summed E-state index contributed by atoms with van der Waals surface area (Å²) in [7, 11) is -0.864. The zero-order chi connectivity index (χ0) is 23.8. The van der Waals surface area contributed by atoms with Crippen LogP contribution in [0, 0.1) is 0 Å². The molecular weight excluding hydrogens is 464 g/mol. The van der Waals surface area contributed by atoms with Gasteiger partial charge in [0.2, 0.25) is 10.0 Å². The number of hydrogen-bond donors (Lipinski definition) is 0. The van der Waals surface area contributed by atoms with E-state index in [0.717, 1.165) is 22.2 Å². The van der Waals surface area contributed by atoms with Gasteiger partial charge in [-0.3, -0.25) is 4.68 Å². The molecule has 4 rings (SSSR count). The Labute approximate surface area is 197 Å². The number of carbonyl (C=O) groups excluding carboxylic acids is 1. The summed E-state index contributed by atoms with van der Waals surface area (Å²) in [5.41, 5.74) is 2.42. The summed E-state index contributed by atoms with van der Waals surface area (Å²) in [5.74, 6) is 0.801. The van der Waals surface area contributed by atoms with Gasteiger partial charge in [-0.1, -0.05) is 30.8 Å². The molecule has 0 fully saturated rings. The Balaban J connectivity index is 1.76. The van der Waals surface area contributed by atoms with E-state index >= 15 is 0 Å². The average molecular weight is 491 g/mol. The Morgan fingerprint density at radius 1 is 1.21 bits per heavy atom. The minimum Gasteiger partial charge on any atom is -0.465 e. The molecule has 0 saturated carbocycles. The Morgan fingerprint density at radius 2 is 1.97 bits per heavy atom. The second-order valence-electron chi connectivity index (χ2n) is 7.46. The van der Waals surface area contributed by atoms with Crippen LogP contribution in [0.15, 0.2) is 34.3 Å². The number of nitrogens with zero attached hydrogens (tertiary/aromatic N) is 6. The number of aromatic nitrogens is 5. The summed E-state index contributed by atoms with van der Waals surface area (Å²) in [6, 6.07) is 6.10. The maximum absolute atomic E-state index is 13.6. The standard InChI is InChI=1S/C21H26N6O4S2/c1-5-27-19(22-23-21(27)32-6-2)18-15-13-26(12-11-16(15)25(3)24-18)33(29,30)17-10-8-7-9-14(17)20(28)31-4/h7-10H,5-6,11-13H2,1-4H3. The number of ether oxygens (including phenoxy) is 1. The Bertz CT molecular complexity index is 1300. The van der Waals surface area contributed by atoms with E-state index in [2.05, 4.69) is 22.2 Å². The van der Waals surface area contributed by atoms with Crippen LogP contribution in [0.25, 0.3) is 11.5 Å². The molecule has 0 radical (unpaired) electrons. The van der Waals surface area contributed by atoms with E-state index in [1.807, 2.05) is 18.5 Å². The van der Waals surface area contributed by atoms with Gasteiger partial charge in [0, 0.05) is 44.4 Å². The van der Waals surface area contributed by atoms with Crippen LogP contribution in [0.4, 0.5) is 0 Å². The lowest BCUT2D eigenvalue weighted by Crippen LogP contribution is -2.37. The third-order valence-corrected chi connectivity index (χ3v) is 8.39. The third-order valence-electron chi connectivity index (χ3n) is 5.64. The van der Waals surface area contributed by atoms with Crippen molar-refractivity contribution in [1.82, 2.24) is 28.9 Å². The molecule has 0 N–H and O–H groups in total. The average Bonchev–Trinajstić information content (AvgIpc) is 3.38. The molecule has 33 heavy (non-hydrogen) atoms. The van der Waals surface area contributed by atoms with Gasteiger partial charge in [0.15, 0.2) is 11.0 Å². The number of rotatable bonds is 7. The van der Waals surface area contributed by atoms with Crippen molar-refractivity contribution >= 4 is 27.8 Å². The van der Waals surface area contributed by atoms with Crippen LogP contribution < -0.4 is 0 Å². The van der Waals surface area contributed by atoms with Crippen LogP contribution >= 0.6 is 11.8 Å². The largest absolute Gasteiger partial charge is 0.465 e. The zero-order valence-corrected chi connectivity index (χ0v) is 20.6. The molecule has 10 nitrogen and oxygen atoms in total. The van der Waals surface area contributed by atoms with Gasteiger partial charge in [0.25, 0.3) is 0 Å². The van der Waals surface area contributed by atoms with Gasteiger partial charge in [-0.25, -0.2) is 13.2 Å². The number of thioether (sulfide) groups is 1. The number of methoxy groups -OCH3 is 1. The molecule has 0 spiro atoms. The summed E-state index contributed by atoms with van der Waals surface area (Å²) < 4.78 is 37.1. The highest BCUT2D eigenvalue weighted by atomic mass is 32.2. The molecule has 176 valence electrons. The van der Waals surface area contributed by atoms with E-state index in [-0.39, 0.29) is 23.5 Å². The summed E-state index contributed by atoms with van der Waals surface area (Å²) in [5, 5.41) is 14.2. The number of sulfonamides is 1. The second-order valence-corrected chi connectivity index (χ2v) is 10.6. The SMILES string of the molecule is CCSc1nnc(-c2nn(C)c3c2CN(S(=O)(=O)c2ccccc2C(=O)OC)CC3)n1CC. The number of carbonyl (C=O) groups is 1. The fourth-order valence-electron chi connectivity index (χ4n) is 4.05. The van der Waals surface area contributed by atoms with E-state index in [1.165, 1.54) is 23.5 Å².